The fourth-order valence-corrected chi connectivity index (χ4v) is 4.46. The highest BCUT2D eigenvalue weighted by molar-refractivity contribution is 6.06. The number of rotatable bonds is 2. The van der Waals surface area contributed by atoms with Gasteiger partial charge in [0.1, 0.15) is 0 Å². The van der Waals surface area contributed by atoms with Gasteiger partial charge in [0, 0.05) is 19.3 Å². The predicted molar refractivity (Wildman–Crippen MR) is 90.3 cm³/mol. The van der Waals surface area contributed by atoms with Gasteiger partial charge in [0.15, 0.2) is 0 Å². The van der Waals surface area contributed by atoms with E-state index in [0.717, 1.165) is 19.3 Å². The number of ether oxygens (including phenoxy) is 1. The molecule has 0 bridgehead atoms. The van der Waals surface area contributed by atoms with Crippen molar-refractivity contribution < 1.29 is 19.2 Å². The first kappa shape index (κ1) is 16.5. The lowest BCUT2D eigenvalue weighted by molar-refractivity contribution is -0.0824. The van der Waals surface area contributed by atoms with Crippen LogP contribution in [0.3, 0.4) is 0 Å². The molecule has 25 heavy (non-hydrogen) atoms. The molecule has 0 unspecified atom stereocenters. The molecule has 1 aliphatic carbocycles. The van der Waals surface area contributed by atoms with E-state index in [-0.39, 0.29) is 17.6 Å². The summed E-state index contributed by atoms with van der Waals surface area (Å²) >= 11 is 0. The minimum Gasteiger partial charge on any atom is -0.393 e. The van der Waals surface area contributed by atoms with Gasteiger partial charge < -0.3 is 19.3 Å². The summed E-state index contributed by atoms with van der Waals surface area (Å²) in [5, 5.41) is 14.8. The number of methoxy groups -OCH3 is 1. The van der Waals surface area contributed by atoms with Crippen molar-refractivity contribution in [1.29, 1.82) is 0 Å². The number of likely N-dealkylation sites (tertiary alicyclic amines) is 1. The lowest BCUT2D eigenvalue weighted by Gasteiger charge is -2.42. The van der Waals surface area contributed by atoms with Gasteiger partial charge in [-0.25, -0.2) is 4.98 Å². The second-order valence-electron chi connectivity index (χ2n) is 7.22. The first-order valence-corrected chi connectivity index (χ1v) is 8.73. The zero-order chi connectivity index (χ0) is 17.8. The van der Waals surface area contributed by atoms with Crippen LogP contribution in [0.2, 0.25) is 0 Å². The number of hydrogen-bond acceptors (Lipinski definition) is 6. The SMILES string of the molecule is CO[C@@]12CC[C@@H](O)C[C@@H]1N(C(=O)c1cc(C)nc3onc(C)c13)CC2. The number of carbonyl (C=O) groups is 1. The summed E-state index contributed by atoms with van der Waals surface area (Å²) < 4.78 is 11.1. The Hall–Kier alpha value is -1.99. The van der Waals surface area contributed by atoms with Crippen LogP contribution in [-0.4, -0.2) is 57.5 Å². The Kier molecular flexibility index (Phi) is 3.81. The van der Waals surface area contributed by atoms with E-state index in [1.165, 1.54) is 0 Å². The van der Waals surface area contributed by atoms with E-state index in [9.17, 15) is 9.90 Å². The summed E-state index contributed by atoms with van der Waals surface area (Å²) in [6.45, 7) is 4.27. The highest BCUT2D eigenvalue weighted by atomic mass is 16.5. The molecule has 4 rings (SSSR count). The number of aliphatic hydroxyl groups is 1. The van der Waals surface area contributed by atoms with E-state index in [4.69, 9.17) is 9.26 Å². The van der Waals surface area contributed by atoms with Gasteiger partial charge in [-0.15, -0.1) is 0 Å². The first-order chi connectivity index (χ1) is 11.9. The number of nitrogens with zero attached hydrogens (tertiary/aromatic N) is 3. The molecular weight excluding hydrogens is 322 g/mol. The molecule has 3 heterocycles. The molecule has 1 amide bonds. The molecule has 0 radical (unpaired) electrons. The van der Waals surface area contributed by atoms with Gasteiger partial charge in [0.25, 0.3) is 11.6 Å². The molecule has 1 saturated carbocycles. The van der Waals surface area contributed by atoms with Crippen LogP contribution >= 0.6 is 0 Å². The number of fused-ring (bicyclic) bond motifs is 2. The molecule has 3 atom stereocenters. The van der Waals surface area contributed by atoms with Gasteiger partial charge in [-0.2, -0.15) is 0 Å². The largest absolute Gasteiger partial charge is 0.393 e. The third-order valence-electron chi connectivity index (χ3n) is 5.80. The minimum atomic E-state index is -0.391. The van der Waals surface area contributed by atoms with Crippen LogP contribution in [0, 0.1) is 13.8 Å². The number of hydrogen-bond donors (Lipinski definition) is 1. The summed E-state index contributed by atoms with van der Waals surface area (Å²) in [5.41, 5.74) is 1.98. The fraction of sp³-hybridized carbons (Fsp3) is 0.611. The second-order valence-corrected chi connectivity index (χ2v) is 7.22. The van der Waals surface area contributed by atoms with E-state index < -0.39 is 6.10 Å². The fourth-order valence-electron chi connectivity index (χ4n) is 4.46. The summed E-state index contributed by atoms with van der Waals surface area (Å²) in [4.78, 5) is 19.6. The molecule has 7 nitrogen and oxygen atoms in total. The average Bonchev–Trinajstić information content (AvgIpc) is 3.15. The van der Waals surface area contributed by atoms with Gasteiger partial charge in [-0.3, -0.25) is 4.79 Å². The molecule has 1 aliphatic heterocycles. The predicted octanol–water partition coefficient (Wildman–Crippen LogP) is 1.98. The van der Waals surface area contributed by atoms with Crippen LogP contribution in [-0.2, 0) is 4.74 Å². The van der Waals surface area contributed by atoms with Crippen LogP contribution in [0.5, 0.6) is 0 Å². The maximum absolute atomic E-state index is 13.4. The molecule has 7 heteroatoms. The van der Waals surface area contributed by atoms with Crippen molar-refractivity contribution in [2.45, 2.75) is 57.3 Å². The Labute approximate surface area is 145 Å². The first-order valence-electron chi connectivity index (χ1n) is 8.73. The number of pyridine rings is 1. The molecule has 2 aromatic rings. The van der Waals surface area contributed by atoms with Crippen LogP contribution in [0.25, 0.3) is 11.1 Å². The third-order valence-corrected chi connectivity index (χ3v) is 5.80. The Bertz CT molecular complexity index is 833. The van der Waals surface area contributed by atoms with E-state index in [1.807, 2.05) is 18.7 Å². The highest BCUT2D eigenvalue weighted by Gasteiger charge is 2.52. The molecule has 2 fully saturated rings. The van der Waals surface area contributed by atoms with E-state index in [2.05, 4.69) is 10.1 Å². The Morgan fingerprint density at radius 2 is 2.24 bits per heavy atom. The summed E-state index contributed by atoms with van der Waals surface area (Å²) in [6, 6.07) is 1.68. The molecule has 1 N–H and O–H groups in total. The number of aliphatic hydroxyl groups excluding tert-OH is 1. The van der Waals surface area contributed by atoms with Gasteiger partial charge in [0.05, 0.1) is 34.4 Å². The van der Waals surface area contributed by atoms with Crippen LogP contribution in [0.15, 0.2) is 10.6 Å². The van der Waals surface area contributed by atoms with Gasteiger partial charge >= 0.3 is 0 Å². The van der Waals surface area contributed by atoms with E-state index in [0.29, 0.717) is 41.0 Å². The molecule has 134 valence electrons. The van der Waals surface area contributed by atoms with Gasteiger partial charge in [-0.1, -0.05) is 5.16 Å². The van der Waals surface area contributed by atoms with Gasteiger partial charge in [0.2, 0.25) is 0 Å². The maximum atomic E-state index is 13.4. The molecule has 0 spiro atoms. The summed E-state index contributed by atoms with van der Waals surface area (Å²) in [5.74, 6) is -0.0696. The summed E-state index contributed by atoms with van der Waals surface area (Å²) in [7, 11) is 1.71. The number of amides is 1. The van der Waals surface area contributed by atoms with Crippen LogP contribution in [0.1, 0.15) is 47.4 Å². The van der Waals surface area contributed by atoms with Crippen molar-refractivity contribution in [1.82, 2.24) is 15.0 Å². The average molecular weight is 345 g/mol. The Balaban J connectivity index is 1.76. The van der Waals surface area contributed by atoms with Gasteiger partial charge in [-0.05, 0) is 45.6 Å². The summed E-state index contributed by atoms with van der Waals surface area (Å²) in [6.07, 6.45) is 2.45. The molecule has 1 saturated heterocycles. The molecule has 0 aromatic carbocycles. The smallest absolute Gasteiger partial charge is 0.258 e. The lowest BCUT2D eigenvalue weighted by Crippen LogP contribution is -2.52. The standard InChI is InChI=1S/C18H23N3O4/c1-10-8-13(15-11(2)20-25-16(15)19-10)17(23)21-7-6-18(24-3)5-4-12(22)9-14(18)21/h8,12,14,22H,4-7,9H2,1-3H3/t12-,14+,18-/m1/s1. The van der Waals surface area contributed by atoms with Crippen molar-refractivity contribution in [3.05, 3.63) is 23.0 Å². The van der Waals surface area contributed by atoms with E-state index >= 15 is 0 Å². The molecule has 2 aliphatic rings. The Morgan fingerprint density at radius 1 is 1.44 bits per heavy atom. The molecule has 2 aromatic heterocycles. The second kappa shape index (κ2) is 5.78. The molecular formula is C18H23N3O4. The van der Waals surface area contributed by atoms with Crippen molar-refractivity contribution in [3.63, 3.8) is 0 Å². The number of carbonyl (C=O) groups excluding carboxylic acids is 1. The van der Waals surface area contributed by atoms with Crippen molar-refractivity contribution >= 4 is 17.0 Å². The van der Waals surface area contributed by atoms with E-state index in [1.54, 1.807) is 13.2 Å². The minimum absolute atomic E-state index is 0.0696. The normalized spacial score (nSPS) is 29.2. The van der Waals surface area contributed by atoms with Crippen molar-refractivity contribution in [2.75, 3.05) is 13.7 Å². The monoisotopic (exact) mass is 345 g/mol. The lowest BCUT2D eigenvalue weighted by atomic mass is 9.79. The zero-order valence-electron chi connectivity index (χ0n) is 14.8. The van der Waals surface area contributed by atoms with Crippen molar-refractivity contribution in [3.8, 4) is 0 Å². The zero-order valence-corrected chi connectivity index (χ0v) is 14.8. The maximum Gasteiger partial charge on any atom is 0.258 e. The quantitative estimate of drug-likeness (QED) is 0.895. The third kappa shape index (κ3) is 2.45. The van der Waals surface area contributed by atoms with Crippen molar-refractivity contribution in [2.24, 2.45) is 0 Å². The number of aromatic nitrogens is 2. The van der Waals surface area contributed by atoms with Crippen LogP contribution in [0.4, 0.5) is 0 Å². The topological polar surface area (TPSA) is 88.7 Å². The highest BCUT2D eigenvalue weighted by Crippen LogP contribution is 2.43. The van der Waals surface area contributed by atoms with Crippen LogP contribution < -0.4 is 0 Å². The number of aryl methyl sites for hydroxylation is 2. The Morgan fingerprint density at radius 3 is 3.00 bits per heavy atom.